The molecule has 23 heavy (non-hydrogen) atoms. The normalized spacial score (nSPS) is 18.3. The van der Waals surface area contributed by atoms with Gasteiger partial charge in [-0.25, -0.2) is 4.39 Å². The molecular formula is C16H21FN2O4. The predicted octanol–water partition coefficient (Wildman–Crippen LogP) is 0.992. The van der Waals surface area contributed by atoms with E-state index in [1.165, 1.54) is 12.1 Å². The summed E-state index contributed by atoms with van der Waals surface area (Å²) in [4.78, 5) is 26.3. The molecule has 0 radical (unpaired) electrons. The van der Waals surface area contributed by atoms with Crippen molar-refractivity contribution < 1.29 is 23.8 Å². The molecule has 1 fully saturated rings. The Morgan fingerprint density at radius 3 is 2.87 bits per heavy atom. The quantitative estimate of drug-likeness (QED) is 0.875. The van der Waals surface area contributed by atoms with Crippen LogP contribution in [-0.2, 0) is 9.53 Å². The number of amides is 1. The highest BCUT2D eigenvalue weighted by molar-refractivity contribution is 5.94. The van der Waals surface area contributed by atoms with Crippen molar-refractivity contribution >= 4 is 11.9 Å². The van der Waals surface area contributed by atoms with E-state index in [1.54, 1.807) is 29.8 Å². The second-order valence-corrected chi connectivity index (χ2v) is 5.82. The second kappa shape index (κ2) is 7.52. The number of hydrogen-bond acceptors (Lipinski definition) is 4. The molecule has 1 heterocycles. The maximum absolute atomic E-state index is 14.0. The van der Waals surface area contributed by atoms with Gasteiger partial charge in [-0.15, -0.1) is 0 Å². The minimum Gasteiger partial charge on any atom is -0.480 e. The summed E-state index contributed by atoms with van der Waals surface area (Å²) in [7, 11) is 1.68. The molecule has 0 aromatic heterocycles. The molecule has 0 unspecified atom stereocenters. The number of likely N-dealkylation sites (N-methyl/N-ethyl adjacent to an activating group) is 1. The molecule has 1 N–H and O–H groups in total. The molecule has 1 aromatic rings. The minimum atomic E-state index is -0.919. The lowest BCUT2D eigenvalue weighted by Gasteiger charge is -2.34. The van der Waals surface area contributed by atoms with Crippen molar-refractivity contribution in [1.29, 1.82) is 0 Å². The molecule has 1 amide bonds. The van der Waals surface area contributed by atoms with E-state index < -0.39 is 11.8 Å². The first-order valence-corrected chi connectivity index (χ1v) is 7.44. The highest BCUT2D eigenvalue weighted by atomic mass is 19.1. The fraction of sp³-hybridized carbons (Fsp3) is 0.500. The second-order valence-electron chi connectivity index (χ2n) is 5.82. The lowest BCUT2D eigenvalue weighted by Crippen LogP contribution is -2.49. The van der Waals surface area contributed by atoms with Crippen molar-refractivity contribution in [3.63, 3.8) is 0 Å². The topological polar surface area (TPSA) is 70.1 Å². The van der Waals surface area contributed by atoms with E-state index in [0.29, 0.717) is 26.2 Å². The van der Waals surface area contributed by atoms with E-state index in [9.17, 15) is 14.0 Å². The molecule has 6 nitrogen and oxygen atoms in total. The van der Waals surface area contributed by atoms with Crippen LogP contribution in [0.15, 0.2) is 18.2 Å². The summed E-state index contributed by atoms with van der Waals surface area (Å²) in [6.45, 7) is 3.12. The van der Waals surface area contributed by atoms with Crippen molar-refractivity contribution in [2.75, 3.05) is 39.8 Å². The van der Waals surface area contributed by atoms with Gasteiger partial charge < -0.3 is 14.7 Å². The smallest absolute Gasteiger partial charge is 0.317 e. The molecule has 126 valence electrons. The first-order valence-electron chi connectivity index (χ1n) is 7.44. The number of morpholine rings is 1. The number of nitrogens with zero attached hydrogens (tertiary/aromatic N) is 2. The zero-order valence-corrected chi connectivity index (χ0v) is 13.3. The van der Waals surface area contributed by atoms with E-state index in [1.807, 2.05) is 0 Å². The third-order valence-electron chi connectivity index (χ3n) is 3.70. The lowest BCUT2D eigenvalue weighted by atomic mass is 10.1. The summed E-state index contributed by atoms with van der Waals surface area (Å²) < 4.78 is 19.5. The molecule has 1 saturated heterocycles. The van der Waals surface area contributed by atoms with Crippen molar-refractivity contribution in [2.45, 2.75) is 13.0 Å². The van der Waals surface area contributed by atoms with E-state index in [0.717, 1.165) is 5.56 Å². The van der Waals surface area contributed by atoms with Gasteiger partial charge in [0.1, 0.15) is 5.82 Å². The van der Waals surface area contributed by atoms with Gasteiger partial charge in [-0.3, -0.25) is 14.5 Å². The first-order chi connectivity index (χ1) is 10.9. The van der Waals surface area contributed by atoms with Gasteiger partial charge in [0.15, 0.2) is 0 Å². The van der Waals surface area contributed by atoms with Gasteiger partial charge in [-0.2, -0.15) is 0 Å². The number of rotatable bonds is 5. The molecule has 1 aliphatic heterocycles. The number of benzene rings is 1. The number of aliphatic carboxylic acids is 1. The van der Waals surface area contributed by atoms with Crippen molar-refractivity contribution in [2.24, 2.45) is 0 Å². The van der Waals surface area contributed by atoms with Crippen LogP contribution in [0.2, 0.25) is 0 Å². The van der Waals surface area contributed by atoms with Crippen LogP contribution in [0.1, 0.15) is 15.9 Å². The van der Waals surface area contributed by atoms with E-state index in [-0.39, 0.29) is 24.1 Å². The number of ether oxygens (including phenoxy) is 1. The molecule has 1 atom stereocenters. The third kappa shape index (κ3) is 4.74. The van der Waals surface area contributed by atoms with Crippen LogP contribution in [0, 0.1) is 12.7 Å². The average molecular weight is 324 g/mol. The zero-order chi connectivity index (χ0) is 17.0. The number of halogens is 1. The van der Waals surface area contributed by atoms with Crippen LogP contribution in [0.25, 0.3) is 0 Å². The summed E-state index contributed by atoms with van der Waals surface area (Å²) in [5.74, 6) is -1.81. The number of aryl methyl sites for hydroxylation is 1. The Hall–Kier alpha value is -1.99. The third-order valence-corrected chi connectivity index (χ3v) is 3.70. The fourth-order valence-corrected chi connectivity index (χ4v) is 2.62. The number of carboxylic acid groups (broad SMARTS) is 1. The summed E-state index contributed by atoms with van der Waals surface area (Å²) in [6.07, 6.45) is -0.287. The Labute approximate surface area is 134 Å². The summed E-state index contributed by atoms with van der Waals surface area (Å²) in [5.41, 5.74) is 0.810. The average Bonchev–Trinajstić information content (AvgIpc) is 2.46. The van der Waals surface area contributed by atoms with Gasteiger partial charge in [0.25, 0.3) is 5.91 Å². The molecule has 2 rings (SSSR count). The number of carbonyl (C=O) groups excluding carboxylic acids is 1. The van der Waals surface area contributed by atoms with Gasteiger partial charge in [0.2, 0.25) is 0 Å². The standard InChI is InChI=1S/C16H21FN2O4/c1-11-3-4-13(14(17)7-11)16(22)19-5-6-23-12(9-19)8-18(2)10-15(20)21/h3-4,7,12H,5-6,8-10H2,1-2H3,(H,20,21)/t12-/m1/s1. The number of hydrogen-bond donors (Lipinski definition) is 1. The van der Waals surface area contributed by atoms with Gasteiger partial charge in [0.05, 0.1) is 24.8 Å². The van der Waals surface area contributed by atoms with Crippen LogP contribution in [-0.4, -0.2) is 72.7 Å². The first kappa shape index (κ1) is 17.4. The monoisotopic (exact) mass is 324 g/mol. The predicted molar refractivity (Wildman–Crippen MR) is 81.9 cm³/mol. The van der Waals surface area contributed by atoms with Gasteiger partial charge in [-0.1, -0.05) is 6.07 Å². The zero-order valence-electron chi connectivity index (χ0n) is 13.3. The Kier molecular flexibility index (Phi) is 5.68. The SMILES string of the molecule is Cc1ccc(C(=O)N2CCO[C@H](CN(C)CC(=O)O)C2)c(F)c1. The molecular weight excluding hydrogens is 303 g/mol. The highest BCUT2D eigenvalue weighted by Gasteiger charge is 2.27. The number of carboxylic acids is 1. The fourth-order valence-electron chi connectivity index (χ4n) is 2.62. The minimum absolute atomic E-state index is 0.0511. The maximum atomic E-state index is 14.0. The highest BCUT2D eigenvalue weighted by Crippen LogP contribution is 2.15. The maximum Gasteiger partial charge on any atom is 0.317 e. The van der Waals surface area contributed by atoms with Gasteiger partial charge in [-0.05, 0) is 31.7 Å². The number of carbonyl (C=O) groups is 2. The molecule has 1 aliphatic rings. The van der Waals surface area contributed by atoms with Crippen LogP contribution >= 0.6 is 0 Å². The van der Waals surface area contributed by atoms with Crippen molar-refractivity contribution in [1.82, 2.24) is 9.80 Å². The summed E-state index contributed by atoms with van der Waals surface area (Å²) in [6, 6.07) is 4.54. The van der Waals surface area contributed by atoms with E-state index >= 15 is 0 Å². The Balaban J connectivity index is 2.00. The van der Waals surface area contributed by atoms with Crippen molar-refractivity contribution in [3.8, 4) is 0 Å². The molecule has 0 spiro atoms. The summed E-state index contributed by atoms with van der Waals surface area (Å²) >= 11 is 0. The molecule has 1 aromatic carbocycles. The Morgan fingerprint density at radius 1 is 1.48 bits per heavy atom. The lowest BCUT2D eigenvalue weighted by molar-refractivity contribution is -0.138. The van der Waals surface area contributed by atoms with Gasteiger partial charge >= 0.3 is 5.97 Å². The largest absolute Gasteiger partial charge is 0.480 e. The van der Waals surface area contributed by atoms with Crippen molar-refractivity contribution in [3.05, 3.63) is 35.1 Å². The van der Waals surface area contributed by atoms with Gasteiger partial charge in [0, 0.05) is 19.6 Å². The van der Waals surface area contributed by atoms with Crippen LogP contribution < -0.4 is 0 Å². The van der Waals surface area contributed by atoms with Crippen LogP contribution in [0.4, 0.5) is 4.39 Å². The van der Waals surface area contributed by atoms with Crippen LogP contribution in [0.3, 0.4) is 0 Å². The molecule has 7 heteroatoms. The molecule has 0 aliphatic carbocycles. The van der Waals surface area contributed by atoms with Crippen LogP contribution in [0.5, 0.6) is 0 Å². The Morgan fingerprint density at radius 2 is 2.22 bits per heavy atom. The summed E-state index contributed by atoms with van der Waals surface area (Å²) in [5, 5.41) is 8.77. The van der Waals surface area contributed by atoms with E-state index in [2.05, 4.69) is 0 Å². The Bertz CT molecular complexity index is 593. The molecule has 0 bridgehead atoms. The molecule has 0 saturated carbocycles. The van der Waals surface area contributed by atoms with E-state index in [4.69, 9.17) is 9.84 Å².